The predicted molar refractivity (Wildman–Crippen MR) is 173 cm³/mol. The summed E-state index contributed by atoms with van der Waals surface area (Å²) in [6, 6.07) is 18.5. The second-order valence-corrected chi connectivity index (χ2v) is 10.8. The van der Waals surface area contributed by atoms with Crippen LogP contribution in [0.4, 0.5) is 8.78 Å². The fourth-order valence-corrected chi connectivity index (χ4v) is 4.85. The van der Waals surface area contributed by atoms with Gasteiger partial charge in [0.25, 0.3) is 0 Å². The maximum atomic E-state index is 13.7. The second-order valence-electron chi connectivity index (χ2n) is 10.8. The van der Waals surface area contributed by atoms with E-state index in [1.54, 1.807) is 44.6 Å². The lowest BCUT2D eigenvalue weighted by atomic mass is 10.0. The molecular formula is C36H39F2N3O5. The van der Waals surface area contributed by atoms with Crippen LogP contribution in [0.1, 0.15) is 73.3 Å². The molecule has 0 saturated heterocycles. The standard InChI is InChI=1S/C31H31N3O4.C5H8F2O/c1-7-26(19(2)3)38-27-14-8-21(16-23(27)17-32)18-34-20(4)29(25-13-15-28(37-6)33-31(25)34)30(35)22-9-11-24(36-5)12-10-22;1-3-4(8)5(2,6)7/h8-16,26H,2,7,18H2,1,3-6H3;3H2,1-2H3. The number of ketones is 2. The Morgan fingerprint density at radius 3 is 2.24 bits per heavy atom. The van der Waals surface area contributed by atoms with Crippen LogP contribution in [0.3, 0.4) is 0 Å². The first kappa shape index (κ1) is 35.4. The molecule has 0 saturated carbocycles. The smallest absolute Gasteiger partial charge is 0.302 e. The zero-order valence-corrected chi connectivity index (χ0v) is 27.2. The number of hydrogen-bond donors (Lipinski definition) is 0. The summed E-state index contributed by atoms with van der Waals surface area (Å²) in [6.45, 7) is 12.3. The fraction of sp³-hybridized carbons (Fsp3) is 0.333. The summed E-state index contributed by atoms with van der Waals surface area (Å²) >= 11 is 0. The first-order chi connectivity index (χ1) is 21.8. The summed E-state index contributed by atoms with van der Waals surface area (Å²) in [5, 5.41) is 10.6. The Labute approximate surface area is 268 Å². The third-order valence-electron chi connectivity index (χ3n) is 7.44. The molecule has 0 aliphatic carbocycles. The normalized spacial score (nSPS) is 11.6. The van der Waals surface area contributed by atoms with Crippen molar-refractivity contribution in [1.29, 1.82) is 5.26 Å². The molecule has 2 heterocycles. The quantitative estimate of drug-likeness (QED) is 0.116. The zero-order valence-electron chi connectivity index (χ0n) is 27.2. The van der Waals surface area contributed by atoms with Crippen LogP contribution in [0, 0.1) is 18.3 Å². The first-order valence-corrected chi connectivity index (χ1v) is 14.8. The van der Waals surface area contributed by atoms with Gasteiger partial charge in [0.15, 0.2) is 5.78 Å². The van der Waals surface area contributed by atoms with Crippen LogP contribution in [0.15, 0.2) is 66.7 Å². The molecule has 242 valence electrons. The summed E-state index contributed by atoms with van der Waals surface area (Å²) in [4.78, 5) is 28.4. The number of nitriles is 1. The first-order valence-electron chi connectivity index (χ1n) is 14.8. The topological polar surface area (TPSA) is 103 Å². The van der Waals surface area contributed by atoms with Crippen molar-refractivity contribution in [2.45, 2.75) is 66.0 Å². The molecule has 2 aromatic heterocycles. The second kappa shape index (κ2) is 15.3. The van der Waals surface area contributed by atoms with Gasteiger partial charge in [-0.1, -0.05) is 26.5 Å². The van der Waals surface area contributed by atoms with Crippen LogP contribution in [0.25, 0.3) is 11.0 Å². The van der Waals surface area contributed by atoms with Crippen molar-refractivity contribution in [2.24, 2.45) is 0 Å². The lowest BCUT2D eigenvalue weighted by Gasteiger charge is -2.19. The minimum Gasteiger partial charge on any atom is -0.497 e. The van der Waals surface area contributed by atoms with E-state index < -0.39 is 11.7 Å². The minimum atomic E-state index is -3.13. The average molecular weight is 632 g/mol. The number of carbonyl (C=O) groups excluding carboxylic acids is 2. The predicted octanol–water partition coefficient (Wildman–Crippen LogP) is 7.87. The van der Waals surface area contributed by atoms with Crippen molar-refractivity contribution in [3.8, 4) is 23.4 Å². The number of benzene rings is 2. The summed E-state index contributed by atoms with van der Waals surface area (Å²) in [5.41, 5.74) is 4.76. The summed E-state index contributed by atoms with van der Waals surface area (Å²) < 4.78 is 42.2. The van der Waals surface area contributed by atoms with Crippen molar-refractivity contribution in [1.82, 2.24) is 9.55 Å². The zero-order chi connectivity index (χ0) is 34.2. The molecule has 0 N–H and O–H groups in total. The van der Waals surface area contributed by atoms with Gasteiger partial charge in [-0.15, -0.1) is 0 Å². The number of alkyl halides is 2. The number of fused-ring (bicyclic) bond motifs is 1. The third-order valence-corrected chi connectivity index (χ3v) is 7.44. The number of halogens is 2. The number of carbonyl (C=O) groups is 2. The van der Waals surface area contributed by atoms with E-state index in [0.29, 0.717) is 53.2 Å². The molecule has 0 bridgehead atoms. The molecule has 46 heavy (non-hydrogen) atoms. The molecule has 4 rings (SSSR count). The van der Waals surface area contributed by atoms with Crippen LogP contribution in [-0.2, 0) is 11.3 Å². The molecule has 2 aromatic carbocycles. The molecule has 0 fully saturated rings. The van der Waals surface area contributed by atoms with Gasteiger partial charge in [0.1, 0.15) is 29.3 Å². The summed E-state index contributed by atoms with van der Waals surface area (Å²) in [6.07, 6.45) is 0.505. The fourth-order valence-electron chi connectivity index (χ4n) is 4.85. The van der Waals surface area contributed by atoms with Crippen molar-refractivity contribution in [3.05, 3.63) is 94.7 Å². The number of ether oxygens (including phenoxy) is 3. The molecule has 0 aliphatic rings. The van der Waals surface area contributed by atoms with E-state index in [1.165, 1.54) is 6.92 Å². The molecule has 0 radical (unpaired) electrons. The lowest BCUT2D eigenvalue weighted by molar-refractivity contribution is -0.140. The minimum absolute atomic E-state index is 0.0938. The molecule has 1 unspecified atom stereocenters. The van der Waals surface area contributed by atoms with E-state index in [9.17, 15) is 23.6 Å². The highest BCUT2D eigenvalue weighted by atomic mass is 19.3. The Bertz CT molecular complexity index is 1770. The molecular weight excluding hydrogens is 592 g/mol. The third kappa shape index (κ3) is 8.16. The number of Topliss-reactive ketones (excluding diaryl/α,β-unsaturated/α-hetero) is 1. The number of aromatic nitrogens is 2. The summed E-state index contributed by atoms with van der Waals surface area (Å²) in [5.74, 6) is -2.58. The van der Waals surface area contributed by atoms with E-state index in [4.69, 9.17) is 14.2 Å². The van der Waals surface area contributed by atoms with Gasteiger partial charge in [-0.2, -0.15) is 19.0 Å². The highest BCUT2D eigenvalue weighted by Crippen LogP contribution is 2.31. The molecule has 0 amide bonds. The molecule has 4 aromatic rings. The number of methoxy groups -OCH3 is 2. The van der Waals surface area contributed by atoms with Gasteiger partial charge in [-0.25, -0.2) is 0 Å². The number of pyridine rings is 1. The van der Waals surface area contributed by atoms with Gasteiger partial charge < -0.3 is 18.8 Å². The van der Waals surface area contributed by atoms with Crippen molar-refractivity contribution in [2.75, 3.05) is 14.2 Å². The maximum absolute atomic E-state index is 13.7. The van der Waals surface area contributed by atoms with Gasteiger partial charge in [0.2, 0.25) is 11.7 Å². The Kier molecular flexibility index (Phi) is 11.8. The average Bonchev–Trinajstić information content (AvgIpc) is 3.32. The maximum Gasteiger partial charge on any atom is 0.302 e. The number of rotatable bonds is 12. The SMILES string of the molecule is C=C(C)C(CC)Oc1ccc(Cn2c(C)c(C(=O)c3ccc(OC)cc3)c3ccc(OC)nc32)cc1C#N.CCC(=O)C(C)(F)F. The number of nitrogens with zero attached hydrogens (tertiary/aromatic N) is 3. The van der Waals surface area contributed by atoms with Crippen molar-refractivity contribution >= 4 is 22.6 Å². The molecule has 10 heteroatoms. The van der Waals surface area contributed by atoms with Gasteiger partial charge in [-0.3, -0.25) is 9.59 Å². The summed E-state index contributed by atoms with van der Waals surface area (Å²) in [7, 11) is 3.15. The Hall–Kier alpha value is -5.04. The lowest BCUT2D eigenvalue weighted by Crippen LogP contribution is -2.22. The molecule has 1 atom stereocenters. The Balaban J connectivity index is 0.000000637. The largest absolute Gasteiger partial charge is 0.497 e. The van der Waals surface area contributed by atoms with Gasteiger partial charge >= 0.3 is 5.92 Å². The van der Waals surface area contributed by atoms with Crippen LogP contribution in [0.2, 0.25) is 0 Å². The van der Waals surface area contributed by atoms with Crippen molar-refractivity contribution < 1.29 is 32.6 Å². The Morgan fingerprint density at radius 2 is 1.74 bits per heavy atom. The monoisotopic (exact) mass is 631 g/mol. The van der Waals surface area contributed by atoms with Crippen LogP contribution in [-0.4, -0.2) is 47.4 Å². The van der Waals surface area contributed by atoms with E-state index in [1.807, 2.05) is 49.6 Å². The van der Waals surface area contributed by atoms with Gasteiger partial charge in [0, 0.05) is 42.6 Å². The number of hydrogen-bond acceptors (Lipinski definition) is 7. The van der Waals surface area contributed by atoms with E-state index in [-0.39, 0.29) is 18.3 Å². The van der Waals surface area contributed by atoms with E-state index in [2.05, 4.69) is 17.6 Å². The van der Waals surface area contributed by atoms with E-state index in [0.717, 1.165) is 28.6 Å². The van der Waals surface area contributed by atoms with Crippen LogP contribution in [0.5, 0.6) is 17.4 Å². The molecule has 8 nitrogen and oxygen atoms in total. The van der Waals surface area contributed by atoms with Crippen molar-refractivity contribution in [3.63, 3.8) is 0 Å². The van der Waals surface area contributed by atoms with Gasteiger partial charge in [-0.05, 0) is 73.9 Å². The van der Waals surface area contributed by atoms with Crippen LogP contribution >= 0.6 is 0 Å². The highest BCUT2D eigenvalue weighted by molar-refractivity contribution is 6.17. The molecule has 0 spiro atoms. The van der Waals surface area contributed by atoms with Crippen LogP contribution < -0.4 is 14.2 Å². The Morgan fingerprint density at radius 1 is 1.07 bits per heavy atom. The molecule has 0 aliphatic heterocycles. The highest BCUT2D eigenvalue weighted by Gasteiger charge is 2.29. The van der Waals surface area contributed by atoms with Gasteiger partial charge in [0.05, 0.1) is 25.3 Å². The van der Waals surface area contributed by atoms with E-state index >= 15 is 0 Å².